The van der Waals surface area contributed by atoms with Crippen molar-refractivity contribution >= 4 is 0 Å². The van der Waals surface area contributed by atoms with Gasteiger partial charge in [0, 0.05) is 0 Å². The van der Waals surface area contributed by atoms with E-state index in [1.165, 1.54) is 44.1 Å². The summed E-state index contributed by atoms with van der Waals surface area (Å²) in [5.41, 5.74) is 2.33. The average molecular weight is 447 g/mol. The molecule has 0 saturated carbocycles. The lowest BCUT2D eigenvalue weighted by Gasteiger charge is -2.17. The second-order valence-electron chi connectivity index (χ2n) is 8.65. The third-order valence-corrected chi connectivity index (χ3v) is 5.93. The normalized spacial score (nSPS) is 10.8. The van der Waals surface area contributed by atoms with Gasteiger partial charge in [-0.2, -0.15) is 0 Å². The summed E-state index contributed by atoms with van der Waals surface area (Å²) in [7, 11) is 0. The monoisotopic (exact) mass is 446 g/mol. The molecule has 33 heavy (non-hydrogen) atoms. The highest BCUT2D eigenvalue weighted by atomic mass is 16.5. The Balaban J connectivity index is 1.79. The van der Waals surface area contributed by atoms with Crippen molar-refractivity contribution in [1.82, 2.24) is 0 Å². The zero-order valence-electron chi connectivity index (χ0n) is 20.2. The standard InChI is InChI=1S/C30H38O3/c1-3-5-7-9-16-24-18-11-13-21-27(24)32-29-23-15-20-26(31)30(29)33-28-22-14-12-19-25(28)17-10-8-6-4-2/h11-15,18-23,31H,3-10,16-17H2,1-2H3. The number of aryl methyl sites for hydroxylation is 2. The lowest BCUT2D eigenvalue weighted by atomic mass is 10.1. The van der Waals surface area contributed by atoms with E-state index in [0.29, 0.717) is 11.5 Å². The number of hydrogen-bond acceptors (Lipinski definition) is 3. The molecular weight excluding hydrogens is 408 g/mol. The van der Waals surface area contributed by atoms with Gasteiger partial charge in [-0.05, 0) is 61.1 Å². The molecule has 3 rings (SSSR count). The van der Waals surface area contributed by atoms with Crippen LogP contribution in [0, 0.1) is 0 Å². The van der Waals surface area contributed by atoms with Crippen LogP contribution in [0.4, 0.5) is 0 Å². The molecular formula is C30H38O3. The minimum absolute atomic E-state index is 0.0775. The predicted molar refractivity (Wildman–Crippen MR) is 137 cm³/mol. The van der Waals surface area contributed by atoms with Crippen molar-refractivity contribution < 1.29 is 14.6 Å². The van der Waals surface area contributed by atoms with Gasteiger partial charge in [0.05, 0.1) is 0 Å². The molecule has 0 heterocycles. The third-order valence-electron chi connectivity index (χ3n) is 5.93. The summed E-state index contributed by atoms with van der Waals surface area (Å²) >= 11 is 0. The number of para-hydroxylation sites is 3. The molecule has 3 aromatic rings. The first-order valence-electron chi connectivity index (χ1n) is 12.6. The van der Waals surface area contributed by atoms with E-state index in [-0.39, 0.29) is 5.75 Å². The number of aromatic hydroxyl groups is 1. The minimum Gasteiger partial charge on any atom is -0.504 e. The molecule has 0 spiro atoms. The van der Waals surface area contributed by atoms with Gasteiger partial charge in [-0.1, -0.05) is 94.8 Å². The first-order valence-corrected chi connectivity index (χ1v) is 12.6. The zero-order valence-corrected chi connectivity index (χ0v) is 20.2. The lowest BCUT2D eigenvalue weighted by molar-refractivity contribution is 0.377. The highest BCUT2D eigenvalue weighted by molar-refractivity contribution is 5.55. The Kier molecular flexibility index (Phi) is 10.2. The summed E-state index contributed by atoms with van der Waals surface area (Å²) in [4.78, 5) is 0. The molecule has 0 aliphatic carbocycles. The number of phenols is 1. The Morgan fingerprint density at radius 3 is 1.64 bits per heavy atom. The Hall–Kier alpha value is -2.94. The molecule has 0 aliphatic heterocycles. The number of phenolic OH excluding ortho intramolecular Hbond substituents is 1. The smallest absolute Gasteiger partial charge is 0.211 e. The van der Waals surface area contributed by atoms with Gasteiger partial charge in [-0.25, -0.2) is 0 Å². The molecule has 176 valence electrons. The Bertz CT molecular complexity index is 980. The number of ether oxygens (including phenoxy) is 2. The van der Waals surface area contributed by atoms with E-state index in [4.69, 9.17) is 9.47 Å². The van der Waals surface area contributed by atoms with Crippen molar-refractivity contribution in [2.45, 2.75) is 78.1 Å². The van der Waals surface area contributed by atoms with E-state index in [2.05, 4.69) is 32.0 Å². The molecule has 0 fully saturated rings. The van der Waals surface area contributed by atoms with Crippen LogP contribution < -0.4 is 9.47 Å². The summed E-state index contributed by atoms with van der Waals surface area (Å²) in [5.74, 6) is 2.55. The fourth-order valence-electron chi connectivity index (χ4n) is 4.02. The van der Waals surface area contributed by atoms with Gasteiger partial charge in [0.2, 0.25) is 5.75 Å². The lowest BCUT2D eigenvalue weighted by Crippen LogP contribution is -1.97. The summed E-state index contributed by atoms with van der Waals surface area (Å²) in [6.45, 7) is 4.45. The van der Waals surface area contributed by atoms with E-state index < -0.39 is 0 Å². The van der Waals surface area contributed by atoms with E-state index in [1.807, 2.05) is 36.4 Å². The Labute approximate surface area is 199 Å². The Morgan fingerprint density at radius 2 is 1.06 bits per heavy atom. The van der Waals surface area contributed by atoms with Gasteiger partial charge in [0.25, 0.3) is 0 Å². The maximum Gasteiger partial charge on any atom is 0.211 e. The van der Waals surface area contributed by atoms with Gasteiger partial charge in [-0.15, -0.1) is 0 Å². The highest BCUT2D eigenvalue weighted by Crippen LogP contribution is 2.43. The minimum atomic E-state index is 0.0775. The van der Waals surface area contributed by atoms with Crippen LogP contribution in [-0.2, 0) is 12.8 Å². The summed E-state index contributed by atoms with van der Waals surface area (Å²) < 4.78 is 12.6. The van der Waals surface area contributed by atoms with Crippen molar-refractivity contribution in [3.63, 3.8) is 0 Å². The van der Waals surface area contributed by atoms with Gasteiger partial charge in [-0.3, -0.25) is 0 Å². The molecule has 3 nitrogen and oxygen atoms in total. The number of rotatable bonds is 14. The molecule has 1 N–H and O–H groups in total. The summed E-state index contributed by atoms with van der Waals surface area (Å²) in [6.07, 6.45) is 11.6. The molecule has 0 aliphatic rings. The van der Waals surface area contributed by atoms with Crippen LogP contribution in [0.3, 0.4) is 0 Å². The molecule has 0 saturated heterocycles. The first-order chi connectivity index (χ1) is 16.2. The first kappa shape index (κ1) is 24.7. The van der Waals surface area contributed by atoms with E-state index >= 15 is 0 Å². The molecule has 0 unspecified atom stereocenters. The fraction of sp³-hybridized carbons (Fsp3) is 0.400. The van der Waals surface area contributed by atoms with Gasteiger partial charge in [0.15, 0.2) is 11.5 Å². The molecule has 3 heteroatoms. The maximum atomic E-state index is 10.6. The van der Waals surface area contributed by atoms with E-state index in [1.54, 1.807) is 12.1 Å². The third kappa shape index (κ3) is 7.56. The van der Waals surface area contributed by atoms with Crippen molar-refractivity contribution in [2.24, 2.45) is 0 Å². The summed E-state index contributed by atoms with van der Waals surface area (Å²) in [6, 6.07) is 21.5. The van der Waals surface area contributed by atoms with Crippen LogP contribution in [0.2, 0.25) is 0 Å². The van der Waals surface area contributed by atoms with Gasteiger partial charge >= 0.3 is 0 Å². The fourth-order valence-corrected chi connectivity index (χ4v) is 4.02. The van der Waals surface area contributed by atoms with Crippen LogP contribution in [0.25, 0.3) is 0 Å². The van der Waals surface area contributed by atoms with Crippen LogP contribution in [0.5, 0.6) is 28.7 Å². The molecule has 0 aromatic heterocycles. The largest absolute Gasteiger partial charge is 0.504 e. The molecule has 0 radical (unpaired) electrons. The number of benzene rings is 3. The number of hydrogen-bond donors (Lipinski definition) is 1. The zero-order chi connectivity index (χ0) is 23.3. The van der Waals surface area contributed by atoms with Crippen molar-refractivity contribution in [1.29, 1.82) is 0 Å². The SMILES string of the molecule is CCCCCCc1ccccc1Oc1cccc(O)c1Oc1ccccc1CCCCCC. The molecule has 0 amide bonds. The van der Waals surface area contributed by atoms with E-state index in [9.17, 15) is 5.11 Å². The average Bonchev–Trinajstić information content (AvgIpc) is 2.83. The van der Waals surface area contributed by atoms with Gasteiger partial charge in [0.1, 0.15) is 11.5 Å². The van der Waals surface area contributed by atoms with Gasteiger partial charge < -0.3 is 14.6 Å². The van der Waals surface area contributed by atoms with Crippen LogP contribution in [0.1, 0.15) is 76.3 Å². The highest BCUT2D eigenvalue weighted by Gasteiger charge is 2.16. The number of unbranched alkanes of at least 4 members (excludes halogenated alkanes) is 6. The maximum absolute atomic E-state index is 10.6. The quantitative estimate of drug-likeness (QED) is 0.251. The topological polar surface area (TPSA) is 38.7 Å². The molecule has 0 atom stereocenters. The molecule has 0 bridgehead atoms. The molecule has 3 aromatic carbocycles. The second-order valence-corrected chi connectivity index (χ2v) is 8.65. The van der Waals surface area contributed by atoms with Crippen LogP contribution in [0.15, 0.2) is 66.7 Å². The van der Waals surface area contributed by atoms with Crippen molar-refractivity contribution in [2.75, 3.05) is 0 Å². The predicted octanol–water partition coefficient (Wildman–Crippen LogP) is 9.22. The second kappa shape index (κ2) is 13.6. The van der Waals surface area contributed by atoms with Crippen LogP contribution in [-0.4, -0.2) is 5.11 Å². The summed E-state index contributed by atoms with van der Waals surface area (Å²) in [5, 5.41) is 10.6. The Morgan fingerprint density at radius 1 is 0.545 bits per heavy atom. The van der Waals surface area contributed by atoms with Crippen molar-refractivity contribution in [3.05, 3.63) is 77.9 Å². The van der Waals surface area contributed by atoms with Crippen molar-refractivity contribution in [3.8, 4) is 28.7 Å². The van der Waals surface area contributed by atoms with Crippen LogP contribution >= 0.6 is 0 Å². The van der Waals surface area contributed by atoms with E-state index in [0.717, 1.165) is 42.7 Å².